The molecule has 0 bridgehead atoms. The second-order valence-corrected chi connectivity index (χ2v) is 4.46. The highest BCUT2D eigenvalue weighted by molar-refractivity contribution is 5.86. The molecular formula is C13H21NO3. The largest absolute Gasteiger partial charge is 0.462 e. The van der Waals surface area contributed by atoms with E-state index in [2.05, 4.69) is 6.58 Å². The fraction of sp³-hybridized carbons (Fsp3) is 0.692. The van der Waals surface area contributed by atoms with Crippen molar-refractivity contribution in [2.24, 2.45) is 0 Å². The van der Waals surface area contributed by atoms with E-state index >= 15 is 0 Å². The van der Waals surface area contributed by atoms with Crippen molar-refractivity contribution in [3.05, 3.63) is 12.2 Å². The molecule has 96 valence electrons. The van der Waals surface area contributed by atoms with Gasteiger partial charge in [0.15, 0.2) is 0 Å². The van der Waals surface area contributed by atoms with Crippen LogP contribution in [0.1, 0.15) is 39.0 Å². The van der Waals surface area contributed by atoms with Crippen LogP contribution in [0.2, 0.25) is 0 Å². The van der Waals surface area contributed by atoms with E-state index in [1.807, 2.05) is 4.90 Å². The first kappa shape index (κ1) is 13.7. The number of piperidine rings is 1. The molecule has 4 nitrogen and oxygen atoms in total. The summed E-state index contributed by atoms with van der Waals surface area (Å²) in [6.45, 7) is 7.21. The van der Waals surface area contributed by atoms with E-state index < -0.39 is 0 Å². The number of carbonyl (C=O) groups is 2. The lowest BCUT2D eigenvalue weighted by Crippen LogP contribution is -2.36. The lowest BCUT2D eigenvalue weighted by molar-refractivity contribution is -0.139. The van der Waals surface area contributed by atoms with Crippen LogP contribution in [0.4, 0.5) is 0 Å². The molecule has 4 heteroatoms. The maximum atomic E-state index is 11.5. The molecule has 1 amide bonds. The molecule has 0 radical (unpaired) electrons. The van der Waals surface area contributed by atoms with E-state index in [0.717, 1.165) is 38.8 Å². The third-order valence-corrected chi connectivity index (χ3v) is 2.83. The van der Waals surface area contributed by atoms with Crippen LogP contribution in [0.3, 0.4) is 0 Å². The van der Waals surface area contributed by atoms with Gasteiger partial charge in [0.05, 0.1) is 6.61 Å². The predicted octanol–water partition coefficient (Wildman–Crippen LogP) is 1.90. The van der Waals surface area contributed by atoms with E-state index in [1.165, 1.54) is 0 Å². The van der Waals surface area contributed by atoms with E-state index in [-0.39, 0.29) is 11.9 Å². The van der Waals surface area contributed by atoms with Crippen molar-refractivity contribution in [1.29, 1.82) is 0 Å². The Bertz CT molecular complexity index is 299. The van der Waals surface area contributed by atoms with E-state index in [0.29, 0.717) is 18.6 Å². The van der Waals surface area contributed by atoms with Gasteiger partial charge in [0.25, 0.3) is 0 Å². The fourth-order valence-electron chi connectivity index (χ4n) is 1.79. The zero-order chi connectivity index (χ0) is 12.7. The molecule has 0 spiro atoms. The summed E-state index contributed by atoms with van der Waals surface area (Å²) in [6, 6.07) is 0. The second kappa shape index (κ2) is 7.09. The summed E-state index contributed by atoms with van der Waals surface area (Å²) < 4.78 is 4.98. The SMILES string of the molecule is C=C(C)C(=O)OCCCCN1CCCCC1=O. The van der Waals surface area contributed by atoms with Crippen LogP contribution >= 0.6 is 0 Å². The number of likely N-dealkylation sites (tertiary alicyclic amines) is 1. The van der Waals surface area contributed by atoms with Gasteiger partial charge >= 0.3 is 5.97 Å². The van der Waals surface area contributed by atoms with Crippen LogP contribution in [-0.2, 0) is 14.3 Å². The van der Waals surface area contributed by atoms with Gasteiger partial charge in [-0.25, -0.2) is 4.79 Å². The molecule has 17 heavy (non-hydrogen) atoms. The normalized spacial score (nSPS) is 15.8. The first-order chi connectivity index (χ1) is 8.11. The minimum Gasteiger partial charge on any atom is -0.462 e. The highest BCUT2D eigenvalue weighted by Crippen LogP contribution is 2.11. The minimum atomic E-state index is -0.334. The summed E-state index contributed by atoms with van der Waals surface area (Å²) in [4.78, 5) is 24.5. The Kier molecular flexibility index (Phi) is 5.73. The van der Waals surface area contributed by atoms with Crippen molar-refractivity contribution in [1.82, 2.24) is 4.90 Å². The minimum absolute atomic E-state index is 0.259. The van der Waals surface area contributed by atoms with Crippen molar-refractivity contribution in [2.45, 2.75) is 39.0 Å². The summed E-state index contributed by atoms with van der Waals surface area (Å²) >= 11 is 0. The third-order valence-electron chi connectivity index (χ3n) is 2.83. The van der Waals surface area contributed by atoms with Gasteiger partial charge in [-0.1, -0.05) is 6.58 Å². The summed E-state index contributed by atoms with van der Waals surface area (Å²) in [5.74, 6) is -0.0748. The molecule has 1 rings (SSSR count). The molecule has 0 aromatic heterocycles. The Morgan fingerprint density at radius 1 is 1.41 bits per heavy atom. The number of nitrogens with zero attached hydrogens (tertiary/aromatic N) is 1. The molecule has 1 heterocycles. The molecule has 0 aromatic carbocycles. The van der Waals surface area contributed by atoms with Crippen LogP contribution in [0.15, 0.2) is 12.2 Å². The Hall–Kier alpha value is -1.32. The number of carbonyl (C=O) groups excluding carboxylic acids is 2. The van der Waals surface area contributed by atoms with E-state index in [1.54, 1.807) is 6.92 Å². The summed E-state index contributed by atoms with van der Waals surface area (Å²) in [7, 11) is 0. The quantitative estimate of drug-likeness (QED) is 0.404. The average Bonchev–Trinajstić information content (AvgIpc) is 2.30. The number of hydrogen-bond donors (Lipinski definition) is 0. The fourth-order valence-corrected chi connectivity index (χ4v) is 1.79. The number of esters is 1. The van der Waals surface area contributed by atoms with Gasteiger partial charge in [0.2, 0.25) is 5.91 Å². The number of ether oxygens (including phenoxy) is 1. The number of hydrogen-bond acceptors (Lipinski definition) is 3. The molecule has 1 aliphatic heterocycles. The summed E-state index contributed by atoms with van der Waals surface area (Å²) in [6.07, 6.45) is 4.49. The molecular weight excluding hydrogens is 218 g/mol. The van der Waals surface area contributed by atoms with Crippen molar-refractivity contribution in [3.63, 3.8) is 0 Å². The van der Waals surface area contributed by atoms with Crippen molar-refractivity contribution < 1.29 is 14.3 Å². The molecule has 1 aliphatic rings. The van der Waals surface area contributed by atoms with Crippen molar-refractivity contribution in [3.8, 4) is 0 Å². The van der Waals surface area contributed by atoms with Gasteiger partial charge < -0.3 is 9.64 Å². The Labute approximate surface area is 103 Å². The highest BCUT2D eigenvalue weighted by atomic mass is 16.5. The maximum absolute atomic E-state index is 11.5. The molecule has 0 N–H and O–H groups in total. The number of rotatable bonds is 6. The van der Waals surface area contributed by atoms with Gasteiger partial charge in [-0.2, -0.15) is 0 Å². The average molecular weight is 239 g/mol. The van der Waals surface area contributed by atoms with E-state index in [4.69, 9.17) is 4.74 Å². The maximum Gasteiger partial charge on any atom is 0.333 e. The zero-order valence-corrected chi connectivity index (χ0v) is 10.5. The Morgan fingerprint density at radius 3 is 2.82 bits per heavy atom. The molecule has 0 aromatic rings. The first-order valence-electron chi connectivity index (χ1n) is 6.21. The van der Waals surface area contributed by atoms with Crippen molar-refractivity contribution in [2.75, 3.05) is 19.7 Å². The van der Waals surface area contributed by atoms with Crippen molar-refractivity contribution >= 4 is 11.9 Å². The van der Waals surface area contributed by atoms with Crippen LogP contribution < -0.4 is 0 Å². The lowest BCUT2D eigenvalue weighted by Gasteiger charge is -2.26. The predicted molar refractivity (Wildman–Crippen MR) is 65.4 cm³/mol. The van der Waals surface area contributed by atoms with Gasteiger partial charge in [-0.05, 0) is 32.6 Å². The van der Waals surface area contributed by atoms with Crippen LogP contribution in [0.25, 0.3) is 0 Å². The molecule has 0 atom stereocenters. The molecule has 1 saturated heterocycles. The molecule has 0 aliphatic carbocycles. The van der Waals surface area contributed by atoms with Gasteiger partial charge in [-0.15, -0.1) is 0 Å². The second-order valence-electron chi connectivity index (χ2n) is 4.46. The summed E-state index contributed by atoms with van der Waals surface area (Å²) in [5.41, 5.74) is 0.427. The highest BCUT2D eigenvalue weighted by Gasteiger charge is 2.16. The smallest absolute Gasteiger partial charge is 0.333 e. The van der Waals surface area contributed by atoms with Gasteiger partial charge in [-0.3, -0.25) is 4.79 Å². The lowest BCUT2D eigenvalue weighted by atomic mass is 10.1. The number of unbranched alkanes of at least 4 members (excludes halogenated alkanes) is 1. The van der Waals surface area contributed by atoms with Crippen LogP contribution in [0.5, 0.6) is 0 Å². The van der Waals surface area contributed by atoms with Gasteiger partial charge in [0, 0.05) is 25.1 Å². The van der Waals surface area contributed by atoms with Crippen LogP contribution in [0, 0.1) is 0 Å². The summed E-state index contributed by atoms with van der Waals surface area (Å²) in [5, 5.41) is 0. The monoisotopic (exact) mass is 239 g/mol. The standard InChI is InChI=1S/C13H21NO3/c1-11(2)13(16)17-10-6-5-9-14-8-4-3-7-12(14)15/h1,3-10H2,2H3. The number of amides is 1. The molecule has 0 unspecified atom stereocenters. The van der Waals surface area contributed by atoms with Gasteiger partial charge in [0.1, 0.15) is 0 Å². The zero-order valence-electron chi connectivity index (χ0n) is 10.5. The first-order valence-corrected chi connectivity index (χ1v) is 6.21. The Balaban J connectivity index is 2.05. The Morgan fingerprint density at radius 2 is 2.18 bits per heavy atom. The van der Waals surface area contributed by atoms with E-state index in [9.17, 15) is 9.59 Å². The third kappa shape index (κ3) is 5.02. The molecule has 1 fully saturated rings. The van der Waals surface area contributed by atoms with Crippen LogP contribution in [-0.4, -0.2) is 36.5 Å². The molecule has 0 saturated carbocycles. The topological polar surface area (TPSA) is 46.6 Å².